The minimum atomic E-state index is -0.317. The first kappa shape index (κ1) is 14.9. The van der Waals surface area contributed by atoms with Gasteiger partial charge in [0, 0.05) is 0 Å². The second-order valence-electron chi connectivity index (χ2n) is 5.63. The van der Waals surface area contributed by atoms with Gasteiger partial charge in [-0.15, -0.1) is 0 Å². The van der Waals surface area contributed by atoms with Crippen molar-refractivity contribution in [3.05, 3.63) is 0 Å². The molecule has 0 amide bonds. The molecule has 0 fully saturated rings. The first-order valence-electron chi connectivity index (χ1n) is 5.68. The van der Waals surface area contributed by atoms with Gasteiger partial charge in [0.05, 0.1) is 16.8 Å². The fourth-order valence-corrected chi connectivity index (χ4v) is 1.24. The summed E-state index contributed by atoms with van der Waals surface area (Å²) in [6.07, 6.45) is 0.919. The van der Waals surface area contributed by atoms with Crippen molar-refractivity contribution in [2.45, 2.75) is 53.0 Å². The molecule has 0 saturated carbocycles. The van der Waals surface area contributed by atoms with Crippen LogP contribution in [0.3, 0.4) is 0 Å². The molecule has 91 valence electrons. The number of nitriles is 1. The van der Waals surface area contributed by atoms with Gasteiger partial charge < -0.3 is 0 Å². The molecule has 1 atom stereocenters. The predicted molar refractivity (Wildman–Crippen MR) is 60.9 cm³/mol. The van der Waals surface area contributed by atoms with Crippen LogP contribution in [0.5, 0.6) is 0 Å². The summed E-state index contributed by atoms with van der Waals surface area (Å²) < 4.78 is 0. The maximum absolute atomic E-state index is 11.4. The SMILES string of the molecule is CC(C)C[C@H](C#N)CC(=[O+])O[NH2+]C(C)(C)C. The fourth-order valence-electron chi connectivity index (χ4n) is 1.24. The largest absolute Gasteiger partial charge is 0.639 e. The van der Waals surface area contributed by atoms with E-state index in [0.29, 0.717) is 5.92 Å². The Hall–Kier alpha value is -1.08. The zero-order valence-corrected chi connectivity index (χ0v) is 10.9. The molecular weight excluding hydrogens is 204 g/mol. The second kappa shape index (κ2) is 6.49. The third-order valence-electron chi connectivity index (χ3n) is 1.90. The Labute approximate surface area is 97.9 Å². The molecule has 0 aromatic carbocycles. The van der Waals surface area contributed by atoms with Gasteiger partial charge in [-0.05, 0) is 33.1 Å². The summed E-state index contributed by atoms with van der Waals surface area (Å²) in [5, 5.41) is 8.88. The zero-order valence-electron chi connectivity index (χ0n) is 10.9. The summed E-state index contributed by atoms with van der Waals surface area (Å²) in [5.74, 6) is -0.132. The van der Waals surface area contributed by atoms with Gasteiger partial charge >= 0.3 is 5.97 Å². The monoisotopic (exact) mass is 227 g/mol. The molecule has 0 rings (SSSR count). The van der Waals surface area contributed by atoms with Gasteiger partial charge in [0.2, 0.25) is 0 Å². The molecule has 0 heterocycles. The number of rotatable bonds is 5. The lowest BCUT2D eigenvalue weighted by Crippen LogP contribution is -2.94. The molecule has 4 heteroatoms. The number of carbonyl (C=O) groups is 1. The highest BCUT2D eigenvalue weighted by Gasteiger charge is 2.30. The number of quaternary nitrogens is 1. The van der Waals surface area contributed by atoms with Gasteiger partial charge in [-0.25, -0.2) is 0 Å². The number of carbonyl (C=O) groups excluding carboxylic acids is 1. The molecule has 0 saturated heterocycles. The third kappa shape index (κ3) is 8.25. The topological polar surface area (TPSA) is 69.5 Å². The van der Waals surface area contributed by atoms with E-state index in [1.807, 2.05) is 34.6 Å². The van der Waals surface area contributed by atoms with Crippen molar-refractivity contribution in [3.63, 3.8) is 0 Å². The average molecular weight is 227 g/mol. The molecule has 0 spiro atoms. The maximum Gasteiger partial charge on any atom is 0.639 e. The summed E-state index contributed by atoms with van der Waals surface area (Å²) in [6.45, 7) is 9.94. The van der Waals surface area contributed by atoms with Crippen LogP contribution in [0.15, 0.2) is 0 Å². The number of nitrogens with zero attached hydrogens (tertiary/aromatic N) is 1. The summed E-state index contributed by atoms with van der Waals surface area (Å²) in [7, 11) is 0. The lowest BCUT2D eigenvalue weighted by Gasteiger charge is -2.09. The average Bonchev–Trinajstić information content (AvgIpc) is 2.12. The number of nitrogens with two attached hydrogens (primary N) is 1. The first-order chi connectivity index (χ1) is 7.24. The summed E-state index contributed by atoms with van der Waals surface area (Å²) in [5.41, 5.74) is 1.38. The Kier molecular flexibility index (Phi) is 6.05. The molecule has 1 radical (unpaired) electrons. The second-order valence-corrected chi connectivity index (χ2v) is 5.63. The fraction of sp³-hybridized carbons (Fsp3) is 0.833. The van der Waals surface area contributed by atoms with Crippen LogP contribution in [0.1, 0.15) is 47.5 Å². The van der Waals surface area contributed by atoms with Crippen LogP contribution < -0.4 is 5.48 Å². The highest BCUT2D eigenvalue weighted by molar-refractivity contribution is 5.69. The Morgan fingerprint density at radius 2 is 2.00 bits per heavy atom. The minimum Gasteiger partial charge on any atom is -0.198 e. The van der Waals surface area contributed by atoms with Crippen molar-refractivity contribution in [2.75, 3.05) is 0 Å². The highest BCUT2D eigenvalue weighted by Crippen LogP contribution is 2.14. The highest BCUT2D eigenvalue weighted by atomic mass is 16.7. The quantitative estimate of drug-likeness (QED) is 0.570. The van der Waals surface area contributed by atoms with E-state index < -0.39 is 0 Å². The molecule has 0 bridgehead atoms. The first-order valence-corrected chi connectivity index (χ1v) is 5.68. The Morgan fingerprint density at radius 1 is 1.44 bits per heavy atom. The van der Waals surface area contributed by atoms with Gasteiger partial charge in [-0.2, -0.15) is 5.26 Å². The van der Waals surface area contributed by atoms with Crippen LogP contribution in [0.25, 0.3) is 0 Å². The molecule has 0 unspecified atom stereocenters. The Morgan fingerprint density at radius 3 is 2.38 bits per heavy atom. The van der Waals surface area contributed by atoms with Gasteiger partial charge in [0.15, 0.2) is 0 Å². The molecule has 0 aliphatic heterocycles. The minimum absolute atomic E-state index is 0.143. The van der Waals surface area contributed by atoms with E-state index in [-0.39, 0.29) is 23.8 Å². The van der Waals surface area contributed by atoms with Crippen LogP contribution in [0.4, 0.5) is 0 Å². The van der Waals surface area contributed by atoms with Crippen LogP contribution in [-0.4, -0.2) is 11.5 Å². The molecule has 0 aliphatic carbocycles. The van der Waals surface area contributed by atoms with Gasteiger partial charge in [-0.1, -0.05) is 24.2 Å². The molecule has 4 nitrogen and oxygen atoms in total. The van der Waals surface area contributed by atoms with Gasteiger partial charge in [0.1, 0.15) is 12.0 Å². The van der Waals surface area contributed by atoms with Crippen LogP contribution >= 0.6 is 0 Å². The number of hydroxylamine groups is 1. The zero-order chi connectivity index (χ0) is 12.8. The molecule has 0 aromatic heterocycles. The molecule has 0 aliphatic rings. The van der Waals surface area contributed by atoms with E-state index >= 15 is 0 Å². The van der Waals surface area contributed by atoms with Crippen molar-refractivity contribution in [1.29, 1.82) is 5.26 Å². The number of hydrogen-bond donors (Lipinski definition) is 1. The lowest BCUT2D eigenvalue weighted by molar-refractivity contribution is -0.915. The third-order valence-corrected chi connectivity index (χ3v) is 1.90. The molecule has 0 aromatic rings. The maximum atomic E-state index is 11.4. The van der Waals surface area contributed by atoms with Crippen molar-refractivity contribution >= 4 is 5.97 Å². The van der Waals surface area contributed by atoms with Crippen molar-refractivity contribution < 1.29 is 15.1 Å². The van der Waals surface area contributed by atoms with E-state index in [9.17, 15) is 4.79 Å². The van der Waals surface area contributed by atoms with Crippen LogP contribution in [0.2, 0.25) is 0 Å². The van der Waals surface area contributed by atoms with Crippen LogP contribution in [0, 0.1) is 23.2 Å². The van der Waals surface area contributed by atoms with E-state index in [1.165, 1.54) is 5.48 Å². The number of hydrogen-bond acceptors (Lipinski definition) is 3. The van der Waals surface area contributed by atoms with Gasteiger partial charge in [-0.3, -0.25) is 0 Å². The van der Waals surface area contributed by atoms with Crippen LogP contribution in [-0.2, 0) is 9.63 Å². The summed E-state index contributed by atoms with van der Waals surface area (Å²) in [6, 6.07) is 2.15. The molecule has 16 heavy (non-hydrogen) atoms. The smallest absolute Gasteiger partial charge is 0.198 e. The summed E-state index contributed by atoms with van der Waals surface area (Å²) in [4.78, 5) is 16.4. The van der Waals surface area contributed by atoms with Crippen molar-refractivity contribution in [3.8, 4) is 6.07 Å². The lowest BCUT2D eigenvalue weighted by atomic mass is 9.96. The predicted octanol–water partition coefficient (Wildman–Crippen LogP) is 1.38. The van der Waals surface area contributed by atoms with E-state index in [1.54, 1.807) is 0 Å². The molecular formula is C12H23N2O2+2. The van der Waals surface area contributed by atoms with Gasteiger partial charge in [0.25, 0.3) is 0 Å². The standard InChI is InChI=1S/C12H22N2O2/c1-9(2)6-10(8-13)7-11(15)16-14-12(3,4)5/h9-10,14H,6-7H2,1-5H3/q+1/p+1/t10-/m0/s1. The van der Waals surface area contributed by atoms with Crippen molar-refractivity contribution in [2.24, 2.45) is 11.8 Å². The molecule has 2 N–H and O–H groups in total. The Bertz CT molecular complexity index is 261. The Balaban J connectivity index is 3.99. The summed E-state index contributed by atoms with van der Waals surface area (Å²) >= 11 is 0. The van der Waals surface area contributed by atoms with E-state index in [4.69, 9.17) is 10.1 Å². The normalized spacial score (nSPS) is 13.3. The van der Waals surface area contributed by atoms with Crippen molar-refractivity contribution in [1.82, 2.24) is 0 Å². The van der Waals surface area contributed by atoms with E-state index in [2.05, 4.69) is 6.07 Å². The van der Waals surface area contributed by atoms with E-state index in [0.717, 1.165) is 6.42 Å².